The van der Waals surface area contributed by atoms with Crippen LogP contribution in [0.5, 0.6) is 0 Å². The van der Waals surface area contributed by atoms with Crippen LogP contribution in [0.1, 0.15) is 19.8 Å². The summed E-state index contributed by atoms with van der Waals surface area (Å²) in [6.45, 7) is 3.14. The first-order valence-corrected chi connectivity index (χ1v) is 5.80. The zero-order valence-corrected chi connectivity index (χ0v) is 8.64. The van der Waals surface area contributed by atoms with Crippen LogP contribution in [0.15, 0.2) is 0 Å². The first-order chi connectivity index (χ1) is 6.16. The second-order valence-electron chi connectivity index (χ2n) is 2.60. The molecule has 0 fully saturated rings. The summed E-state index contributed by atoms with van der Waals surface area (Å²) in [5.74, 6) is -0.235. The molecule has 0 radical (unpaired) electrons. The molecule has 0 heterocycles. The molecule has 0 saturated carbocycles. The van der Waals surface area contributed by atoms with Gasteiger partial charge in [-0.05, 0) is 6.42 Å². The summed E-state index contributed by atoms with van der Waals surface area (Å²) < 4.78 is 16.2. The van der Waals surface area contributed by atoms with Crippen molar-refractivity contribution in [3.63, 3.8) is 0 Å². The fraction of sp³-hybridized carbons (Fsp3) is 0.875. The van der Waals surface area contributed by atoms with E-state index in [2.05, 4.69) is 0 Å². The van der Waals surface area contributed by atoms with Gasteiger partial charge in [-0.2, -0.15) is 0 Å². The standard InChI is InChI=1S/C8H16O4S/c1-2-4-12-5-7-13(11)6-3-8(9)10/h2-7H2,1H3,(H,9,10). The highest BCUT2D eigenvalue weighted by Gasteiger charge is 2.03. The number of hydrogen-bond acceptors (Lipinski definition) is 3. The Hall–Kier alpha value is -0.420. The van der Waals surface area contributed by atoms with Crippen LogP contribution < -0.4 is 0 Å². The Bertz CT molecular complexity index is 170. The largest absolute Gasteiger partial charge is 0.481 e. The van der Waals surface area contributed by atoms with Gasteiger partial charge in [0.1, 0.15) is 0 Å². The van der Waals surface area contributed by atoms with Gasteiger partial charge in [0.25, 0.3) is 0 Å². The molecule has 0 bridgehead atoms. The van der Waals surface area contributed by atoms with E-state index in [1.54, 1.807) is 0 Å². The topological polar surface area (TPSA) is 63.6 Å². The Morgan fingerprint density at radius 3 is 2.62 bits per heavy atom. The third kappa shape index (κ3) is 9.49. The summed E-state index contributed by atoms with van der Waals surface area (Å²) in [6.07, 6.45) is 0.919. The van der Waals surface area contributed by atoms with Gasteiger partial charge in [0.05, 0.1) is 13.0 Å². The van der Waals surface area contributed by atoms with Crippen molar-refractivity contribution >= 4 is 16.8 Å². The van der Waals surface area contributed by atoms with Crippen molar-refractivity contribution in [3.05, 3.63) is 0 Å². The Labute approximate surface area is 80.7 Å². The van der Waals surface area contributed by atoms with Crippen LogP contribution in [0, 0.1) is 0 Å². The van der Waals surface area contributed by atoms with Crippen molar-refractivity contribution in [3.8, 4) is 0 Å². The lowest BCUT2D eigenvalue weighted by molar-refractivity contribution is -0.136. The minimum Gasteiger partial charge on any atom is -0.481 e. The van der Waals surface area contributed by atoms with E-state index in [9.17, 15) is 9.00 Å². The van der Waals surface area contributed by atoms with E-state index < -0.39 is 16.8 Å². The van der Waals surface area contributed by atoms with Crippen molar-refractivity contribution in [1.82, 2.24) is 0 Å². The molecule has 0 rings (SSSR count). The summed E-state index contributed by atoms with van der Waals surface area (Å²) in [6, 6.07) is 0. The molecule has 1 atom stereocenters. The smallest absolute Gasteiger partial charge is 0.304 e. The van der Waals surface area contributed by atoms with Crippen LogP contribution in [0.3, 0.4) is 0 Å². The molecule has 0 aliphatic rings. The fourth-order valence-corrected chi connectivity index (χ4v) is 1.61. The molecule has 0 amide bonds. The van der Waals surface area contributed by atoms with E-state index >= 15 is 0 Å². The van der Waals surface area contributed by atoms with Gasteiger partial charge in [-0.3, -0.25) is 9.00 Å². The van der Waals surface area contributed by atoms with Crippen LogP contribution in [-0.2, 0) is 20.3 Å². The lowest BCUT2D eigenvalue weighted by atomic mass is 10.5. The van der Waals surface area contributed by atoms with Crippen LogP contribution >= 0.6 is 0 Å². The van der Waals surface area contributed by atoms with Gasteiger partial charge >= 0.3 is 5.97 Å². The Balaban J connectivity index is 3.25. The highest BCUT2D eigenvalue weighted by Crippen LogP contribution is 1.89. The van der Waals surface area contributed by atoms with Crippen molar-refractivity contribution in [2.75, 3.05) is 24.7 Å². The zero-order chi connectivity index (χ0) is 10.1. The predicted octanol–water partition coefficient (Wildman–Crippen LogP) is 0.636. The number of carboxylic acids is 1. The Morgan fingerprint density at radius 2 is 2.08 bits per heavy atom. The normalized spacial score (nSPS) is 12.7. The maximum Gasteiger partial charge on any atom is 0.304 e. The predicted molar refractivity (Wildman–Crippen MR) is 51.2 cm³/mol. The first-order valence-electron chi connectivity index (χ1n) is 4.31. The number of ether oxygens (including phenoxy) is 1. The summed E-state index contributed by atoms with van der Waals surface area (Å²) in [4.78, 5) is 10.1. The Morgan fingerprint density at radius 1 is 1.38 bits per heavy atom. The van der Waals surface area contributed by atoms with Gasteiger partial charge in [0, 0.05) is 28.9 Å². The summed E-state index contributed by atoms with van der Waals surface area (Å²) in [5, 5.41) is 8.31. The van der Waals surface area contributed by atoms with Crippen LogP contribution in [0.4, 0.5) is 0 Å². The molecule has 0 aromatic carbocycles. The molecule has 0 aromatic heterocycles. The van der Waals surface area contributed by atoms with E-state index in [0.29, 0.717) is 19.0 Å². The molecular formula is C8H16O4S. The van der Waals surface area contributed by atoms with Crippen molar-refractivity contribution in [2.45, 2.75) is 19.8 Å². The van der Waals surface area contributed by atoms with E-state index in [4.69, 9.17) is 9.84 Å². The second kappa shape index (κ2) is 8.19. The van der Waals surface area contributed by atoms with Crippen molar-refractivity contribution < 1.29 is 18.8 Å². The van der Waals surface area contributed by atoms with Gasteiger partial charge in [-0.15, -0.1) is 0 Å². The van der Waals surface area contributed by atoms with Crippen LogP contribution in [-0.4, -0.2) is 40.0 Å². The number of hydrogen-bond donors (Lipinski definition) is 1. The molecule has 1 unspecified atom stereocenters. The number of rotatable bonds is 8. The maximum atomic E-state index is 11.1. The average molecular weight is 208 g/mol. The van der Waals surface area contributed by atoms with E-state index in [1.165, 1.54) is 0 Å². The minimum absolute atomic E-state index is 0.0274. The molecule has 5 heteroatoms. The molecule has 1 N–H and O–H groups in total. The summed E-state index contributed by atoms with van der Waals surface area (Å²) in [7, 11) is -1.05. The zero-order valence-electron chi connectivity index (χ0n) is 7.82. The maximum absolute atomic E-state index is 11.1. The van der Waals surface area contributed by atoms with Crippen molar-refractivity contribution in [2.24, 2.45) is 0 Å². The van der Waals surface area contributed by atoms with Gasteiger partial charge < -0.3 is 9.84 Å². The average Bonchev–Trinajstić information content (AvgIpc) is 2.09. The fourth-order valence-electron chi connectivity index (χ4n) is 0.701. The molecule has 0 aliphatic heterocycles. The molecule has 4 nitrogen and oxygen atoms in total. The number of carbonyl (C=O) groups is 1. The second-order valence-corrected chi connectivity index (χ2v) is 4.30. The SMILES string of the molecule is CCCOCCS(=O)CCC(=O)O. The highest BCUT2D eigenvalue weighted by molar-refractivity contribution is 7.85. The summed E-state index contributed by atoms with van der Waals surface area (Å²) in [5.41, 5.74) is 0. The third-order valence-electron chi connectivity index (χ3n) is 1.35. The van der Waals surface area contributed by atoms with E-state index in [1.807, 2.05) is 6.92 Å². The van der Waals surface area contributed by atoms with Gasteiger partial charge in [0.2, 0.25) is 0 Å². The first kappa shape index (κ1) is 12.6. The van der Waals surface area contributed by atoms with Crippen LogP contribution in [0.25, 0.3) is 0 Å². The highest BCUT2D eigenvalue weighted by atomic mass is 32.2. The molecule has 0 aliphatic carbocycles. The quantitative estimate of drug-likeness (QED) is 0.594. The van der Waals surface area contributed by atoms with Gasteiger partial charge in [-0.1, -0.05) is 6.92 Å². The van der Waals surface area contributed by atoms with Gasteiger partial charge in [-0.25, -0.2) is 0 Å². The lowest BCUT2D eigenvalue weighted by Crippen LogP contribution is -2.12. The monoisotopic (exact) mass is 208 g/mol. The molecular weight excluding hydrogens is 192 g/mol. The van der Waals surface area contributed by atoms with E-state index in [-0.39, 0.29) is 12.2 Å². The number of carboxylic acid groups (broad SMARTS) is 1. The minimum atomic E-state index is -1.05. The van der Waals surface area contributed by atoms with Crippen LogP contribution in [0.2, 0.25) is 0 Å². The molecule has 0 saturated heterocycles. The van der Waals surface area contributed by atoms with Gasteiger partial charge in [0.15, 0.2) is 0 Å². The van der Waals surface area contributed by atoms with Crippen molar-refractivity contribution in [1.29, 1.82) is 0 Å². The molecule has 13 heavy (non-hydrogen) atoms. The molecule has 0 spiro atoms. The number of aliphatic carboxylic acids is 1. The molecule has 78 valence electrons. The van der Waals surface area contributed by atoms with E-state index in [0.717, 1.165) is 6.42 Å². The summed E-state index contributed by atoms with van der Waals surface area (Å²) >= 11 is 0. The lowest BCUT2D eigenvalue weighted by Gasteiger charge is -2.01. The molecule has 0 aromatic rings. The Kier molecular flexibility index (Phi) is 7.93. The third-order valence-corrected chi connectivity index (χ3v) is 2.63.